The van der Waals surface area contributed by atoms with Gasteiger partial charge < -0.3 is 22.4 Å². The van der Waals surface area contributed by atoms with E-state index in [1.807, 2.05) is 162 Å². The fourth-order valence-corrected chi connectivity index (χ4v) is 22.2. The highest BCUT2D eigenvalue weighted by Gasteiger charge is 2.30. The fraction of sp³-hybridized carbons (Fsp3) is 0. The average Bonchev–Trinajstić information content (AvgIpc) is 1.54. The van der Waals surface area contributed by atoms with E-state index < -0.39 is 0 Å². The molecule has 0 N–H and O–H groups in total. The molecule has 0 fully saturated rings. The minimum absolute atomic E-state index is 0.615. The molecular formula is C115H66N12O3S3. The van der Waals surface area contributed by atoms with Crippen LogP contribution in [0.2, 0.25) is 0 Å². The average molecular weight is 1760 g/mol. The molecule has 0 aliphatic carbocycles. The van der Waals surface area contributed by atoms with E-state index in [1.54, 1.807) is 34.0 Å². The first-order valence-corrected chi connectivity index (χ1v) is 46.5. The van der Waals surface area contributed by atoms with Crippen LogP contribution in [-0.4, -0.2) is 58.6 Å². The molecule has 0 aliphatic rings. The number of hydrogen-bond acceptors (Lipinski definition) is 15. The Balaban J connectivity index is 0.000000102. The predicted molar refractivity (Wildman–Crippen MR) is 546 cm³/mol. The molecular weight excluding hydrogens is 1690 g/mol. The standard InChI is InChI=1S/2C41H24N4OS.C33H18N4OS/c1-3-12-25(13-4-1)31-23-32(26-14-5-2-6-15-26)44-41(43-31)27-16-11-17-28(22-27)45-33-20-9-7-18-29(33)36-38(45)39-35(37-40(36)47-24-42-37)30-19-8-10-21-34(30)46-39;1-3-11-25(12-4-1)31-23-32(26-13-5-2-6-14-26)44-41(43-31)27-19-21-28(22-20-27)45-33-17-9-7-15-29(33)36-38(45)39-35(37-40(36)47-24-42-37)30-16-8-10-18-34(30)46-39;1-2-10-19(11-3-1)28-20-12-4-7-15-23(20)35-33(36-28)37-24-16-8-5-13-21(24)27-30(37)31-26(29-32(27)39-18-34-29)22-14-6-9-17-25(22)38-31/h2*1-24H;1-18H. The van der Waals surface area contributed by atoms with Crippen LogP contribution in [0.15, 0.2) is 412 Å². The lowest BCUT2D eigenvalue weighted by atomic mass is 10.1. The predicted octanol–water partition coefficient (Wildman–Crippen LogP) is 31.1. The molecule has 29 aromatic rings. The molecule has 0 unspecified atom stereocenters. The lowest BCUT2D eigenvalue weighted by molar-refractivity contribution is 0.670. The van der Waals surface area contributed by atoms with Gasteiger partial charge in [-0.25, -0.2) is 44.9 Å². The van der Waals surface area contributed by atoms with E-state index >= 15 is 0 Å². The van der Waals surface area contributed by atoms with Crippen LogP contribution in [0.1, 0.15) is 0 Å². The maximum absolute atomic E-state index is 6.70. The number of thiazole rings is 3. The van der Waals surface area contributed by atoms with Gasteiger partial charge in [-0.05, 0) is 91.0 Å². The lowest BCUT2D eigenvalue weighted by Crippen LogP contribution is -2.03. The van der Waals surface area contributed by atoms with Gasteiger partial charge in [0.1, 0.15) is 22.3 Å². The second-order valence-electron chi connectivity index (χ2n) is 33.0. The zero-order chi connectivity index (χ0) is 87.3. The van der Waals surface area contributed by atoms with Crippen LogP contribution < -0.4 is 0 Å². The number of hydrogen-bond donors (Lipinski definition) is 0. The molecule has 17 aromatic carbocycles. The van der Waals surface area contributed by atoms with Crippen molar-refractivity contribution in [2.75, 3.05) is 0 Å². The first kappa shape index (κ1) is 75.8. The molecule has 0 atom stereocenters. The molecule has 0 spiro atoms. The summed E-state index contributed by atoms with van der Waals surface area (Å²) in [5.74, 6) is 1.97. The third-order valence-electron chi connectivity index (χ3n) is 25.5. The minimum Gasteiger partial charge on any atom is -0.454 e. The summed E-state index contributed by atoms with van der Waals surface area (Å²) in [5, 5.41) is 14.3. The Morgan fingerprint density at radius 1 is 0.226 bits per heavy atom. The number of fused-ring (bicyclic) bond motifs is 31. The third kappa shape index (κ3) is 12.2. The summed E-state index contributed by atoms with van der Waals surface area (Å²) in [6.07, 6.45) is 0. The van der Waals surface area contributed by atoms with Crippen molar-refractivity contribution in [2.45, 2.75) is 0 Å². The van der Waals surface area contributed by atoms with Gasteiger partial charge in [0.2, 0.25) is 5.95 Å². The van der Waals surface area contributed by atoms with Crippen molar-refractivity contribution < 1.29 is 13.3 Å². The Kier molecular flexibility index (Phi) is 17.5. The van der Waals surface area contributed by atoms with E-state index in [-0.39, 0.29) is 0 Å². The Labute approximate surface area is 768 Å². The van der Waals surface area contributed by atoms with E-state index in [2.05, 4.69) is 250 Å². The maximum Gasteiger partial charge on any atom is 0.235 e. The van der Waals surface area contributed by atoms with Gasteiger partial charge in [0.25, 0.3) is 0 Å². The molecule has 133 heavy (non-hydrogen) atoms. The Morgan fingerprint density at radius 3 is 0.977 bits per heavy atom. The van der Waals surface area contributed by atoms with E-state index in [0.717, 1.165) is 236 Å². The van der Waals surface area contributed by atoms with Gasteiger partial charge >= 0.3 is 0 Å². The zero-order valence-corrected chi connectivity index (χ0v) is 72.9. The van der Waals surface area contributed by atoms with Gasteiger partial charge in [-0.3, -0.25) is 4.57 Å². The number of nitrogens with zero attached hydrogens (tertiary/aromatic N) is 12. The number of rotatable bonds is 10. The van der Waals surface area contributed by atoms with Gasteiger partial charge in [-0.2, -0.15) is 0 Å². The smallest absolute Gasteiger partial charge is 0.235 e. The molecule has 0 saturated carbocycles. The van der Waals surface area contributed by atoms with Crippen molar-refractivity contribution in [3.8, 4) is 96.4 Å². The Morgan fingerprint density at radius 2 is 0.556 bits per heavy atom. The maximum atomic E-state index is 6.70. The molecule has 0 radical (unpaired) electrons. The van der Waals surface area contributed by atoms with Crippen molar-refractivity contribution >= 4 is 207 Å². The summed E-state index contributed by atoms with van der Waals surface area (Å²) in [5.41, 5.74) is 34.7. The lowest BCUT2D eigenvalue weighted by Gasteiger charge is -2.12. The molecule has 12 aromatic heterocycles. The summed E-state index contributed by atoms with van der Waals surface area (Å²) >= 11 is 5.03. The number of furan rings is 3. The quantitative estimate of drug-likeness (QED) is 0.127. The number of aromatic nitrogens is 12. The number of para-hydroxylation sites is 7. The monoisotopic (exact) mass is 1760 g/mol. The van der Waals surface area contributed by atoms with Gasteiger partial charge in [0, 0.05) is 104 Å². The van der Waals surface area contributed by atoms with Gasteiger partial charge in [-0.1, -0.05) is 291 Å². The largest absolute Gasteiger partial charge is 0.454 e. The molecule has 12 heterocycles. The van der Waals surface area contributed by atoms with Crippen molar-refractivity contribution in [1.82, 2.24) is 58.6 Å². The second kappa shape index (κ2) is 30.7. The normalized spacial score (nSPS) is 11.9. The first-order chi connectivity index (χ1) is 66.0. The molecule has 0 aliphatic heterocycles. The molecule has 0 amide bonds. The minimum atomic E-state index is 0.615. The van der Waals surface area contributed by atoms with E-state index in [4.69, 9.17) is 58.1 Å². The zero-order valence-electron chi connectivity index (χ0n) is 70.4. The Hall–Kier alpha value is -17.3. The molecule has 0 bridgehead atoms. The SMILES string of the molecule is c1ccc(-c2cc(-c3ccccc3)nc(-c3ccc(-n4c5ccccc5c5c6scnc6c6c7ccccc7oc6c54)cc3)n2)cc1.c1ccc(-c2cc(-c3ccccc3)nc(-c3cccc(-n4c5ccccc5c5c6scnc6c6c7ccccc7oc6c54)c3)n2)cc1.c1ccc(-c2nc(-n3c4ccccc4c4c5scnc5c5c6ccccc6oc5c43)nc3ccccc23)cc1. The van der Waals surface area contributed by atoms with Crippen LogP contribution in [0.5, 0.6) is 0 Å². The van der Waals surface area contributed by atoms with Crippen LogP contribution in [0.4, 0.5) is 0 Å². The summed E-state index contributed by atoms with van der Waals surface area (Å²) < 4.78 is 30.3. The van der Waals surface area contributed by atoms with E-state index in [1.165, 1.54) is 15.5 Å². The third-order valence-corrected chi connectivity index (χ3v) is 28.0. The summed E-state index contributed by atoms with van der Waals surface area (Å²) in [6.45, 7) is 0. The fourth-order valence-electron chi connectivity index (χ4n) is 19.6. The van der Waals surface area contributed by atoms with Crippen LogP contribution in [0.25, 0.3) is 269 Å². The highest BCUT2D eigenvalue weighted by molar-refractivity contribution is 7.19. The topological polar surface area (TPSA) is 170 Å². The summed E-state index contributed by atoms with van der Waals surface area (Å²) in [7, 11) is 0. The molecule has 15 nitrogen and oxygen atoms in total. The number of benzene rings is 17. The molecule has 29 rings (SSSR count). The van der Waals surface area contributed by atoms with Gasteiger partial charge in [0.05, 0.1) is 125 Å². The first-order valence-electron chi connectivity index (χ1n) is 43.8. The van der Waals surface area contributed by atoms with Gasteiger partial charge in [0.15, 0.2) is 28.4 Å². The molecule has 622 valence electrons. The van der Waals surface area contributed by atoms with Crippen molar-refractivity contribution in [1.29, 1.82) is 0 Å². The van der Waals surface area contributed by atoms with Crippen molar-refractivity contribution in [3.05, 3.63) is 399 Å². The Bertz CT molecular complexity index is 9630. The van der Waals surface area contributed by atoms with Crippen LogP contribution in [0, 0.1) is 0 Å². The van der Waals surface area contributed by atoms with Gasteiger partial charge in [-0.15, -0.1) is 34.0 Å². The van der Waals surface area contributed by atoms with Crippen molar-refractivity contribution in [2.24, 2.45) is 0 Å². The molecule has 18 heteroatoms. The summed E-state index contributed by atoms with van der Waals surface area (Å²) in [6, 6.07) is 131. The van der Waals surface area contributed by atoms with Crippen LogP contribution in [0.3, 0.4) is 0 Å². The highest BCUT2D eigenvalue weighted by atomic mass is 32.1. The van der Waals surface area contributed by atoms with Crippen LogP contribution >= 0.6 is 34.0 Å². The van der Waals surface area contributed by atoms with E-state index in [9.17, 15) is 0 Å². The van der Waals surface area contributed by atoms with Crippen molar-refractivity contribution in [3.63, 3.8) is 0 Å². The highest BCUT2D eigenvalue weighted by Crippen LogP contribution is 2.52. The molecule has 0 saturated heterocycles. The van der Waals surface area contributed by atoms with Crippen LogP contribution in [-0.2, 0) is 0 Å². The van der Waals surface area contributed by atoms with E-state index in [0.29, 0.717) is 17.6 Å². The second-order valence-corrected chi connectivity index (χ2v) is 35.5. The summed E-state index contributed by atoms with van der Waals surface area (Å²) in [4.78, 5) is 45.2.